The zero-order valence-corrected chi connectivity index (χ0v) is 13.9. The van der Waals surface area contributed by atoms with Crippen molar-refractivity contribution in [3.05, 3.63) is 42.7 Å². The summed E-state index contributed by atoms with van der Waals surface area (Å²) in [5.41, 5.74) is 5.08. The molecule has 1 aliphatic rings. The molecular formula is C16H22FeO3. The molecule has 0 fully saturated rings. The second-order valence-electron chi connectivity index (χ2n) is 5.07. The summed E-state index contributed by atoms with van der Waals surface area (Å²) in [4.78, 5) is 0. The fourth-order valence-electron chi connectivity index (χ4n) is 1.88. The van der Waals surface area contributed by atoms with Gasteiger partial charge < -0.3 is 0 Å². The Morgan fingerprint density at radius 1 is 1.00 bits per heavy atom. The van der Waals surface area contributed by atoms with Crippen LogP contribution in [-0.4, -0.2) is 0 Å². The molecule has 0 radical (unpaired) electrons. The Morgan fingerprint density at radius 2 is 1.40 bits per heavy atom. The average Bonchev–Trinajstić information content (AvgIpc) is 2.42. The third-order valence-electron chi connectivity index (χ3n) is 2.75. The minimum atomic E-state index is 0. The zero-order chi connectivity index (χ0) is 16.1. The largest absolute Gasteiger partial charge is 0 e. The summed E-state index contributed by atoms with van der Waals surface area (Å²) in [6.07, 6.45) is 6.27. The van der Waals surface area contributed by atoms with Gasteiger partial charge in [0.2, 0.25) is 0 Å². The molecule has 0 aliphatic heterocycles. The van der Waals surface area contributed by atoms with E-state index in [0.717, 1.165) is 0 Å². The molecule has 4 heteroatoms. The van der Waals surface area contributed by atoms with E-state index >= 15 is 0 Å². The van der Waals surface area contributed by atoms with Crippen molar-refractivity contribution in [2.75, 3.05) is 0 Å². The molecule has 0 aromatic rings. The van der Waals surface area contributed by atoms with Crippen molar-refractivity contribution < 1.29 is 31.0 Å². The molecule has 0 bridgehead atoms. The van der Waals surface area contributed by atoms with E-state index in [2.05, 4.69) is 60.6 Å². The first kappa shape index (κ1) is 27.5. The SMILES string of the molecule is CCCCC1=C(C(C)(C)C)C=C1C.[C-]#[O+].[C-]#[O+].[C-]#[O+].[Fe]. The van der Waals surface area contributed by atoms with Crippen molar-refractivity contribution in [1.82, 2.24) is 0 Å². The van der Waals surface area contributed by atoms with Crippen LogP contribution in [0.3, 0.4) is 0 Å². The molecular weight excluding hydrogens is 296 g/mol. The Kier molecular flexibility index (Phi) is 22.4. The Balaban J connectivity index is -0.000000162. The van der Waals surface area contributed by atoms with Crippen LogP contribution in [0.15, 0.2) is 22.8 Å². The summed E-state index contributed by atoms with van der Waals surface area (Å²) in [7, 11) is 0. The molecule has 0 amide bonds. The quantitative estimate of drug-likeness (QED) is 0.422. The van der Waals surface area contributed by atoms with Crippen LogP contribution in [0.4, 0.5) is 0 Å². The van der Waals surface area contributed by atoms with Gasteiger partial charge in [-0.2, -0.15) is 0 Å². The van der Waals surface area contributed by atoms with Crippen LogP contribution in [0.2, 0.25) is 0 Å². The number of rotatable bonds is 3. The second-order valence-corrected chi connectivity index (χ2v) is 5.07. The first-order valence-electron chi connectivity index (χ1n) is 6.00. The predicted octanol–water partition coefficient (Wildman–Crippen LogP) is 4.36. The van der Waals surface area contributed by atoms with Crippen LogP contribution in [0.25, 0.3) is 0 Å². The molecule has 3 nitrogen and oxygen atoms in total. The number of allylic oxidation sites excluding steroid dienone is 4. The maximum absolute atomic E-state index is 7.50. The molecule has 0 N–H and O–H groups in total. The average molecular weight is 318 g/mol. The van der Waals surface area contributed by atoms with Crippen LogP contribution >= 0.6 is 0 Å². The Labute approximate surface area is 133 Å². The molecule has 112 valence electrons. The summed E-state index contributed by atoms with van der Waals surface area (Å²) < 4.78 is 22.5. The van der Waals surface area contributed by atoms with E-state index < -0.39 is 0 Å². The first-order valence-corrected chi connectivity index (χ1v) is 6.00. The summed E-state index contributed by atoms with van der Waals surface area (Å²) in [5.74, 6) is 0. The molecule has 1 aliphatic carbocycles. The zero-order valence-electron chi connectivity index (χ0n) is 12.8. The van der Waals surface area contributed by atoms with Crippen LogP contribution in [0, 0.1) is 25.4 Å². The van der Waals surface area contributed by atoms with Crippen LogP contribution in [-0.2, 0) is 31.0 Å². The topological polar surface area (TPSA) is 59.7 Å². The van der Waals surface area contributed by atoms with Gasteiger partial charge in [0.25, 0.3) is 0 Å². The molecule has 0 aromatic heterocycles. The van der Waals surface area contributed by atoms with E-state index in [0.29, 0.717) is 5.41 Å². The van der Waals surface area contributed by atoms with Gasteiger partial charge in [0.1, 0.15) is 0 Å². The number of hydrogen-bond donors (Lipinski definition) is 0. The van der Waals surface area contributed by atoms with E-state index in [1.165, 1.54) is 24.8 Å². The van der Waals surface area contributed by atoms with Gasteiger partial charge in [0.15, 0.2) is 0 Å². The smallest absolute Gasteiger partial charge is 0 e. The van der Waals surface area contributed by atoms with Crippen LogP contribution in [0.5, 0.6) is 0 Å². The van der Waals surface area contributed by atoms with Gasteiger partial charge in [-0.3, -0.25) is 0 Å². The van der Waals surface area contributed by atoms with E-state index in [1.54, 1.807) is 11.1 Å². The summed E-state index contributed by atoms with van der Waals surface area (Å²) >= 11 is 0. The van der Waals surface area contributed by atoms with Crippen molar-refractivity contribution in [1.29, 1.82) is 0 Å². The Morgan fingerprint density at radius 3 is 1.65 bits per heavy atom. The third kappa shape index (κ3) is 10.1. The normalized spacial score (nSPS) is 11.4. The van der Waals surface area contributed by atoms with E-state index in [1.807, 2.05) is 0 Å². The van der Waals surface area contributed by atoms with E-state index in [9.17, 15) is 0 Å². The summed E-state index contributed by atoms with van der Waals surface area (Å²) in [6, 6.07) is 0. The summed E-state index contributed by atoms with van der Waals surface area (Å²) in [6.45, 7) is 24.9. The Hall–Kier alpha value is -0.781. The van der Waals surface area contributed by atoms with Crippen molar-refractivity contribution in [2.24, 2.45) is 5.41 Å². The molecule has 0 saturated carbocycles. The predicted molar refractivity (Wildman–Crippen MR) is 71.6 cm³/mol. The molecule has 0 saturated heterocycles. The van der Waals surface area contributed by atoms with E-state index in [-0.39, 0.29) is 17.1 Å². The van der Waals surface area contributed by atoms with Gasteiger partial charge in [0.05, 0.1) is 0 Å². The third-order valence-corrected chi connectivity index (χ3v) is 2.75. The van der Waals surface area contributed by atoms with Gasteiger partial charge in [-0.15, -0.1) is 0 Å². The van der Waals surface area contributed by atoms with E-state index in [4.69, 9.17) is 14.0 Å². The minimum absolute atomic E-state index is 0. The fraction of sp³-hybridized carbons (Fsp3) is 0.562. The molecule has 0 heterocycles. The minimum Gasteiger partial charge on any atom is 0 e. The van der Waals surface area contributed by atoms with Crippen molar-refractivity contribution in [2.45, 2.75) is 53.9 Å². The van der Waals surface area contributed by atoms with Crippen molar-refractivity contribution in [3.8, 4) is 0 Å². The van der Waals surface area contributed by atoms with Crippen LogP contribution in [0.1, 0.15) is 53.9 Å². The van der Waals surface area contributed by atoms with Gasteiger partial charge in [-0.05, 0) is 41.9 Å². The number of unbranched alkanes of at least 4 members (excludes halogenated alkanes) is 1. The van der Waals surface area contributed by atoms with Crippen LogP contribution < -0.4 is 0 Å². The van der Waals surface area contributed by atoms with Crippen molar-refractivity contribution in [3.63, 3.8) is 0 Å². The molecule has 20 heavy (non-hydrogen) atoms. The molecule has 0 unspecified atom stereocenters. The van der Waals surface area contributed by atoms with Crippen molar-refractivity contribution >= 4 is 0 Å². The monoisotopic (exact) mass is 318 g/mol. The fourth-order valence-corrected chi connectivity index (χ4v) is 1.88. The summed E-state index contributed by atoms with van der Waals surface area (Å²) in [5, 5.41) is 0. The van der Waals surface area contributed by atoms with Gasteiger partial charge >= 0.3 is 33.9 Å². The van der Waals surface area contributed by atoms with Gasteiger partial charge in [-0.1, -0.05) is 40.2 Å². The molecule has 1 rings (SSSR count). The standard InChI is InChI=1S/C13H22.3CO.Fe/c1-6-7-8-11-10(2)9-12(11)13(3,4)5;3*1-2;/h9H,6-8H2,1-5H3;;;;. The maximum atomic E-state index is 7.50. The van der Waals surface area contributed by atoms with Gasteiger partial charge in [0, 0.05) is 17.1 Å². The molecule has 0 atom stereocenters. The number of hydrogen-bond acceptors (Lipinski definition) is 0. The van der Waals surface area contributed by atoms with Gasteiger partial charge in [-0.25, -0.2) is 0 Å². The second kappa shape index (κ2) is 16.3. The maximum Gasteiger partial charge on any atom is 0 e. The Bertz CT molecular complexity index is 351. The first-order chi connectivity index (χ1) is 8.96. The molecule has 0 aromatic carbocycles. The molecule has 0 spiro atoms.